The SMILES string of the molecule is CC=S(=O)(Nc1cc(-c2sc(CC)nc2-c2cccc(C)c2)ccn1)c1ccccc1. The van der Waals surface area contributed by atoms with Gasteiger partial charge in [0.25, 0.3) is 0 Å². The average Bonchev–Trinajstić information content (AvgIpc) is 3.24. The van der Waals surface area contributed by atoms with E-state index in [0.29, 0.717) is 5.82 Å². The van der Waals surface area contributed by atoms with E-state index in [4.69, 9.17) is 4.98 Å². The van der Waals surface area contributed by atoms with Crippen LogP contribution in [0.1, 0.15) is 24.4 Å². The minimum Gasteiger partial charge on any atom is -0.293 e. The van der Waals surface area contributed by atoms with Gasteiger partial charge in [0, 0.05) is 16.7 Å². The number of benzene rings is 2. The number of thiazole rings is 1. The summed E-state index contributed by atoms with van der Waals surface area (Å²) < 4.78 is 16.7. The Morgan fingerprint density at radius 2 is 1.84 bits per heavy atom. The smallest absolute Gasteiger partial charge is 0.138 e. The molecule has 0 aliphatic carbocycles. The van der Waals surface area contributed by atoms with Crippen molar-refractivity contribution in [1.82, 2.24) is 9.97 Å². The molecular weight excluding hydrogens is 422 g/mol. The van der Waals surface area contributed by atoms with Crippen molar-refractivity contribution < 1.29 is 4.21 Å². The van der Waals surface area contributed by atoms with Gasteiger partial charge in [-0.3, -0.25) is 4.72 Å². The highest BCUT2D eigenvalue weighted by Gasteiger charge is 2.16. The third-order valence-electron chi connectivity index (χ3n) is 4.97. The molecule has 158 valence electrons. The van der Waals surface area contributed by atoms with Crippen LogP contribution in [-0.4, -0.2) is 19.5 Å². The zero-order valence-corrected chi connectivity index (χ0v) is 19.5. The number of pyridine rings is 1. The molecule has 1 unspecified atom stereocenters. The quantitative estimate of drug-likeness (QED) is 0.356. The summed E-state index contributed by atoms with van der Waals surface area (Å²) in [5, 5.41) is 2.80. The molecule has 2 aromatic carbocycles. The molecule has 0 saturated carbocycles. The summed E-state index contributed by atoms with van der Waals surface area (Å²) in [7, 11) is -2.57. The van der Waals surface area contributed by atoms with E-state index in [9.17, 15) is 4.21 Å². The van der Waals surface area contributed by atoms with Crippen LogP contribution in [0.5, 0.6) is 0 Å². The summed E-state index contributed by atoms with van der Waals surface area (Å²) in [4.78, 5) is 11.2. The molecule has 2 aromatic heterocycles. The maximum absolute atomic E-state index is 13.5. The number of nitrogens with zero attached hydrogens (tertiary/aromatic N) is 2. The highest BCUT2D eigenvalue weighted by atomic mass is 32.2. The first-order chi connectivity index (χ1) is 15.0. The molecule has 31 heavy (non-hydrogen) atoms. The van der Waals surface area contributed by atoms with Gasteiger partial charge >= 0.3 is 0 Å². The van der Waals surface area contributed by atoms with Gasteiger partial charge in [-0.25, -0.2) is 14.2 Å². The van der Waals surface area contributed by atoms with E-state index in [1.165, 1.54) is 5.56 Å². The van der Waals surface area contributed by atoms with Crippen LogP contribution >= 0.6 is 11.3 Å². The zero-order chi connectivity index (χ0) is 21.8. The number of hydrogen-bond donors (Lipinski definition) is 1. The van der Waals surface area contributed by atoms with Gasteiger partial charge in [-0.2, -0.15) is 0 Å². The van der Waals surface area contributed by atoms with Crippen LogP contribution in [0.3, 0.4) is 0 Å². The van der Waals surface area contributed by atoms with Crippen LogP contribution in [0.2, 0.25) is 0 Å². The Labute approximate surface area is 188 Å². The van der Waals surface area contributed by atoms with Gasteiger partial charge in [0.15, 0.2) is 0 Å². The second-order valence-electron chi connectivity index (χ2n) is 7.19. The maximum Gasteiger partial charge on any atom is 0.138 e. The van der Waals surface area contributed by atoms with Crippen molar-refractivity contribution in [3.05, 3.63) is 83.5 Å². The number of anilines is 1. The molecule has 0 spiro atoms. The Morgan fingerprint density at radius 1 is 1.03 bits per heavy atom. The van der Waals surface area contributed by atoms with Gasteiger partial charge < -0.3 is 0 Å². The monoisotopic (exact) mass is 447 g/mol. The van der Waals surface area contributed by atoms with E-state index in [1.807, 2.05) is 42.5 Å². The van der Waals surface area contributed by atoms with Crippen LogP contribution < -0.4 is 4.72 Å². The van der Waals surface area contributed by atoms with E-state index >= 15 is 0 Å². The standard InChI is InChI=1S/C25H25N3OS2/c1-4-23-27-24(19-11-9-10-18(3)16-19)25(30-23)20-14-15-26-22(17-20)28-31(29,5-2)21-12-7-6-8-13-21/h5-17H,4H2,1-3H3,(H,26,28,29). The Kier molecular flexibility index (Phi) is 6.20. The summed E-state index contributed by atoms with van der Waals surface area (Å²) in [6, 6.07) is 21.8. The second-order valence-corrected chi connectivity index (χ2v) is 10.6. The average molecular weight is 448 g/mol. The third kappa shape index (κ3) is 4.55. The van der Waals surface area contributed by atoms with E-state index in [2.05, 4.69) is 47.8 Å². The van der Waals surface area contributed by atoms with Crippen molar-refractivity contribution in [2.45, 2.75) is 32.1 Å². The number of aryl methyl sites for hydroxylation is 2. The summed E-state index contributed by atoms with van der Waals surface area (Å²) >= 11 is 1.70. The number of hydrogen-bond acceptors (Lipinski definition) is 4. The molecular formula is C25H25N3OS2. The summed E-state index contributed by atoms with van der Waals surface area (Å²) in [6.45, 7) is 6.01. The van der Waals surface area contributed by atoms with Gasteiger partial charge in [-0.15, -0.1) is 11.3 Å². The Morgan fingerprint density at radius 3 is 2.55 bits per heavy atom. The van der Waals surface area contributed by atoms with Gasteiger partial charge in [-0.1, -0.05) is 48.9 Å². The largest absolute Gasteiger partial charge is 0.293 e. The lowest BCUT2D eigenvalue weighted by Crippen LogP contribution is -2.15. The Bertz CT molecular complexity index is 1320. The predicted molar refractivity (Wildman–Crippen MR) is 133 cm³/mol. The van der Waals surface area contributed by atoms with Crippen LogP contribution in [0.25, 0.3) is 21.7 Å². The van der Waals surface area contributed by atoms with Crippen molar-refractivity contribution in [2.24, 2.45) is 0 Å². The highest BCUT2D eigenvalue weighted by Crippen LogP contribution is 2.38. The molecule has 1 atom stereocenters. The first kappa shape index (κ1) is 21.3. The van der Waals surface area contributed by atoms with Crippen LogP contribution in [0.15, 0.2) is 77.8 Å². The normalized spacial score (nSPS) is 12.9. The number of rotatable bonds is 6. The molecule has 4 aromatic rings. The minimum absolute atomic E-state index is 0.575. The first-order valence-corrected chi connectivity index (χ1v) is 12.7. The molecule has 0 bridgehead atoms. The fourth-order valence-corrected chi connectivity index (χ4v) is 5.87. The lowest BCUT2D eigenvalue weighted by Gasteiger charge is -2.14. The first-order valence-electron chi connectivity index (χ1n) is 10.2. The molecule has 1 N–H and O–H groups in total. The van der Waals surface area contributed by atoms with E-state index < -0.39 is 9.71 Å². The van der Waals surface area contributed by atoms with Gasteiger partial charge in [0.05, 0.1) is 25.3 Å². The molecule has 2 heterocycles. The van der Waals surface area contributed by atoms with Gasteiger partial charge in [-0.05, 0) is 61.5 Å². The molecule has 0 aliphatic heterocycles. The Balaban J connectivity index is 1.76. The third-order valence-corrected chi connectivity index (χ3v) is 8.37. The number of nitrogens with one attached hydrogen (secondary N) is 1. The van der Waals surface area contributed by atoms with Crippen molar-refractivity contribution in [1.29, 1.82) is 0 Å². The van der Waals surface area contributed by atoms with E-state index in [-0.39, 0.29) is 0 Å². The van der Waals surface area contributed by atoms with E-state index in [1.54, 1.807) is 29.8 Å². The minimum atomic E-state index is -2.57. The Hall–Kier alpha value is -2.96. The summed E-state index contributed by atoms with van der Waals surface area (Å²) in [5.74, 6) is 0.575. The van der Waals surface area contributed by atoms with Crippen molar-refractivity contribution in [3.8, 4) is 21.7 Å². The van der Waals surface area contributed by atoms with Crippen molar-refractivity contribution in [2.75, 3.05) is 4.72 Å². The summed E-state index contributed by atoms with van der Waals surface area (Å²) in [6.07, 6.45) is 2.63. The zero-order valence-electron chi connectivity index (χ0n) is 17.8. The molecule has 4 nitrogen and oxygen atoms in total. The van der Waals surface area contributed by atoms with Gasteiger partial charge in [0.1, 0.15) is 5.82 Å². The van der Waals surface area contributed by atoms with Crippen LogP contribution in [0.4, 0.5) is 5.82 Å². The molecule has 0 aliphatic rings. The molecule has 0 amide bonds. The van der Waals surface area contributed by atoms with Crippen LogP contribution in [-0.2, 0) is 16.1 Å². The van der Waals surface area contributed by atoms with Gasteiger partial charge in [0.2, 0.25) is 0 Å². The number of aromatic nitrogens is 2. The van der Waals surface area contributed by atoms with Crippen LogP contribution in [0, 0.1) is 6.92 Å². The fraction of sp³-hybridized carbons (Fsp3) is 0.160. The van der Waals surface area contributed by atoms with Crippen molar-refractivity contribution >= 4 is 32.2 Å². The summed E-state index contributed by atoms with van der Waals surface area (Å²) in [5.41, 5.74) is 4.30. The lowest BCUT2D eigenvalue weighted by atomic mass is 10.1. The highest BCUT2D eigenvalue weighted by molar-refractivity contribution is 8.02. The second kappa shape index (κ2) is 9.04. The molecule has 0 fully saturated rings. The predicted octanol–water partition coefficient (Wildman–Crippen LogP) is 6.24. The topological polar surface area (TPSA) is 54.9 Å². The van der Waals surface area contributed by atoms with Crippen molar-refractivity contribution in [3.63, 3.8) is 0 Å². The maximum atomic E-state index is 13.5. The molecule has 6 heteroatoms. The fourth-order valence-electron chi connectivity index (χ4n) is 3.36. The molecule has 0 saturated heterocycles. The molecule has 4 rings (SSSR count). The molecule has 0 radical (unpaired) electrons. The lowest BCUT2D eigenvalue weighted by molar-refractivity contribution is 0.684. The van der Waals surface area contributed by atoms with E-state index in [0.717, 1.165) is 38.0 Å².